The maximum atomic E-state index is 13.2. The van der Waals surface area contributed by atoms with E-state index in [-0.39, 0.29) is 36.8 Å². The Morgan fingerprint density at radius 3 is 1.43 bits per heavy atom. The largest absolute Gasteiger partial charge is 0.478 e. The second-order valence-corrected chi connectivity index (χ2v) is 7.16. The van der Waals surface area contributed by atoms with Crippen molar-refractivity contribution in [1.82, 2.24) is 0 Å². The molecule has 0 saturated heterocycles. The smallest absolute Gasteiger partial charge is 0.391 e. The number of rotatable bonds is 4. The summed E-state index contributed by atoms with van der Waals surface area (Å²) in [5.41, 5.74) is 0.964. The molecule has 1 fully saturated rings. The van der Waals surface area contributed by atoms with Gasteiger partial charge in [-0.3, -0.25) is 0 Å². The number of hydrogen-bond donors (Lipinski definition) is 2. The first-order chi connectivity index (χ1) is 13.1. The summed E-state index contributed by atoms with van der Waals surface area (Å²) in [6.07, 6.45) is -3.83. The van der Waals surface area contributed by atoms with Gasteiger partial charge in [-0.15, -0.1) is 0 Å². The topological polar surface area (TPSA) is 74.6 Å². The van der Waals surface area contributed by atoms with Gasteiger partial charge in [0, 0.05) is 5.41 Å². The summed E-state index contributed by atoms with van der Waals surface area (Å²) < 4.78 is 39.5. The molecular weight excluding hydrogens is 373 g/mol. The number of carboxylic acids is 2. The van der Waals surface area contributed by atoms with Crippen LogP contribution in [0.3, 0.4) is 0 Å². The molecule has 1 aliphatic carbocycles. The fourth-order valence-electron chi connectivity index (χ4n) is 4.05. The first-order valence-corrected chi connectivity index (χ1v) is 8.88. The van der Waals surface area contributed by atoms with Crippen LogP contribution in [0.5, 0.6) is 0 Å². The monoisotopic (exact) mass is 392 g/mol. The van der Waals surface area contributed by atoms with Crippen molar-refractivity contribution in [3.63, 3.8) is 0 Å². The third-order valence-corrected chi connectivity index (χ3v) is 5.67. The van der Waals surface area contributed by atoms with Crippen LogP contribution in [0.25, 0.3) is 0 Å². The Bertz CT molecular complexity index is 803. The average Bonchev–Trinajstić information content (AvgIpc) is 2.67. The molecule has 1 aliphatic rings. The second-order valence-electron chi connectivity index (χ2n) is 7.16. The van der Waals surface area contributed by atoms with Crippen molar-refractivity contribution in [2.75, 3.05) is 0 Å². The molecule has 4 nitrogen and oxygen atoms in total. The molecule has 1 saturated carbocycles. The molecular formula is C21H19F3O4. The summed E-state index contributed by atoms with van der Waals surface area (Å²) in [5.74, 6) is -3.52. The van der Waals surface area contributed by atoms with E-state index in [1.165, 1.54) is 24.3 Å². The molecule has 7 heteroatoms. The third kappa shape index (κ3) is 3.74. The van der Waals surface area contributed by atoms with Crippen LogP contribution in [0, 0.1) is 5.92 Å². The van der Waals surface area contributed by atoms with Gasteiger partial charge >= 0.3 is 18.1 Å². The van der Waals surface area contributed by atoms with E-state index in [0.717, 1.165) is 11.1 Å². The van der Waals surface area contributed by atoms with Crippen molar-refractivity contribution in [2.45, 2.75) is 37.3 Å². The normalized spacial score (nSPS) is 17.2. The van der Waals surface area contributed by atoms with E-state index in [1.54, 1.807) is 24.3 Å². The van der Waals surface area contributed by atoms with Crippen LogP contribution in [-0.4, -0.2) is 28.3 Å². The van der Waals surface area contributed by atoms with E-state index in [1.807, 2.05) is 0 Å². The Labute approximate surface area is 159 Å². The lowest BCUT2D eigenvalue weighted by Crippen LogP contribution is -2.37. The Balaban J connectivity index is 2.02. The van der Waals surface area contributed by atoms with Gasteiger partial charge in [-0.05, 0) is 61.1 Å². The molecule has 0 heterocycles. The molecule has 0 unspecified atom stereocenters. The highest BCUT2D eigenvalue weighted by Crippen LogP contribution is 2.50. The van der Waals surface area contributed by atoms with Gasteiger partial charge < -0.3 is 10.2 Å². The Hall–Kier alpha value is -2.83. The second kappa shape index (κ2) is 7.30. The molecule has 0 aliphatic heterocycles. The molecule has 0 bridgehead atoms. The van der Waals surface area contributed by atoms with Crippen LogP contribution in [0.4, 0.5) is 13.2 Å². The maximum absolute atomic E-state index is 13.2. The van der Waals surface area contributed by atoms with Gasteiger partial charge in [0.25, 0.3) is 0 Å². The standard InChI is InChI=1S/C21H19F3O4/c22-21(23,24)17-9-11-20(12-10-17,15-5-1-13(2-6-15)18(25)26)16-7-3-14(4-8-16)19(27)28/h1-8,17H,9-12H2,(H,25,26)(H,27,28). The summed E-state index contributed by atoms with van der Waals surface area (Å²) in [6, 6.07) is 12.3. The number of halogens is 3. The lowest BCUT2D eigenvalue weighted by atomic mass is 9.63. The summed E-state index contributed by atoms with van der Waals surface area (Å²) in [5, 5.41) is 18.2. The zero-order chi connectivity index (χ0) is 20.5. The molecule has 2 N–H and O–H groups in total. The quantitative estimate of drug-likeness (QED) is 0.757. The van der Waals surface area contributed by atoms with Crippen LogP contribution < -0.4 is 0 Å². The van der Waals surface area contributed by atoms with Gasteiger partial charge in [-0.25, -0.2) is 9.59 Å². The summed E-state index contributed by atoms with van der Waals surface area (Å²) in [6.45, 7) is 0. The fourth-order valence-corrected chi connectivity index (χ4v) is 4.05. The van der Waals surface area contributed by atoms with Crippen molar-refractivity contribution < 1.29 is 33.0 Å². The first-order valence-electron chi connectivity index (χ1n) is 8.88. The van der Waals surface area contributed by atoms with Crippen molar-refractivity contribution >= 4 is 11.9 Å². The number of alkyl halides is 3. The number of hydrogen-bond acceptors (Lipinski definition) is 2. The predicted octanol–water partition coefficient (Wildman–Crippen LogP) is 5.12. The van der Waals surface area contributed by atoms with E-state index in [0.29, 0.717) is 0 Å². The molecule has 2 aromatic carbocycles. The molecule has 0 amide bonds. The minimum absolute atomic E-state index is 0.0368. The SMILES string of the molecule is O=C(O)c1ccc(C2(c3ccc(C(=O)O)cc3)CCC(C(F)(F)F)CC2)cc1. The summed E-state index contributed by atoms with van der Waals surface area (Å²) in [4.78, 5) is 22.2. The summed E-state index contributed by atoms with van der Waals surface area (Å²) in [7, 11) is 0. The fraction of sp³-hybridized carbons (Fsp3) is 0.333. The molecule has 3 rings (SSSR count). The van der Waals surface area contributed by atoms with Crippen LogP contribution >= 0.6 is 0 Å². The molecule has 0 radical (unpaired) electrons. The van der Waals surface area contributed by atoms with Crippen molar-refractivity contribution in [1.29, 1.82) is 0 Å². The molecule has 28 heavy (non-hydrogen) atoms. The average molecular weight is 392 g/mol. The van der Waals surface area contributed by atoms with Crippen LogP contribution in [-0.2, 0) is 5.41 Å². The number of benzene rings is 2. The minimum Gasteiger partial charge on any atom is -0.478 e. The molecule has 0 aromatic heterocycles. The Kier molecular flexibility index (Phi) is 5.19. The van der Waals surface area contributed by atoms with Gasteiger partial charge in [0.15, 0.2) is 0 Å². The lowest BCUT2D eigenvalue weighted by Gasteiger charge is -2.42. The van der Waals surface area contributed by atoms with Crippen LogP contribution in [0.15, 0.2) is 48.5 Å². The van der Waals surface area contributed by atoms with Gasteiger partial charge in [-0.1, -0.05) is 24.3 Å². The van der Waals surface area contributed by atoms with E-state index >= 15 is 0 Å². The molecule has 2 aromatic rings. The van der Waals surface area contributed by atoms with Crippen molar-refractivity contribution in [2.24, 2.45) is 5.92 Å². The number of carboxylic acid groups (broad SMARTS) is 2. The van der Waals surface area contributed by atoms with Gasteiger partial charge in [0.1, 0.15) is 0 Å². The molecule has 0 spiro atoms. The lowest BCUT2D eigenvalue weighted by molar-refractivity contribution is -0.184. The predicted molar refractivity (Wildman–Crippen MR) is 95.6 cm³/mol. The van der Waals surface area contributed by atoms with E-state index in [9.17, 15) is 22.8 Å². The zero-order valence-electron chi connectivity index (χ0n) is 14.9. The first kappa shape index (κ1) is 19.9. The van der Waals surface area contributed by atoms with E-state index in [2.05, 4.69) is 0 Å². The van der Waals surface area contributed by atoms with E-state index < -0.39 is 29.4 Å². The zero-order valence-corrected chi connectivity index (χ0v) is 14.9. The molecule has 0 atom stereocenters. The highest BCUT2D eigenvalue weighted by atomic mass is 19.4. The Morgan fingerprint density at radius 1 is 0.786 bits per heavy atom. The highest BCUT2D eigenvalue weighted by Gasteiger charge is 2.47. The van der Waals surface area contributed by atoms with Crippen molar-refractivity contribution in [3.8, 4) is 0 Å². The van der Waals surface area contributed by atoms with Crippen LogP contribution in [0.1, 0.15) is 57.5 Å². The highest BCUT2D eigenvalue weighted by molar-refractivity contribution is 5.88. The molecule has 148 valence electrons. The minimum atomic E-state index is -4.24. The number of carbonyl (C=O) groups is 2. The van der Waals surface area contributed by atoms with Gasteiger partial charge in [0.2, 0.25) is 0 Å². The van der Waals surface area contributed by atoms with Crippen LogP contribution in [0.2, 0.25) is 0 Å². The third-order valence-electron chi connectivity index (χ3n) is 5.67. The van der Waals surface area contributed by atoms with Gasteiger partial charge in [-0.2, -0.15) is 13.2 Å². The van der Waals surface area contributed by atoms with E-state index in [4.69, 9.17) is 10.2 Å². The maximum Gasteiger partial charge on any atom is 0.391 e. The van der Waals surface area contributed by atoms with Gasteiger partial charge in [0.05, 0.1) is 17.0 Å². The number of aromatic carboxylic acids is 2. The summed E-state index contributed by atoms with van der Waals surface area (Å²) >= 11 is 0. The van der Waals surface area contributed by atoms with Crippen molar-refractivity contribution in [3.05, 3.63) is 70.8 Å². The Morgan fingerprint density at radius 2 is 1.14 bits per heavy atom.